The summed E-state index contributed by atoms with van der Waals surface area (Å²) >= 11 is 0. The number of allylic oxidation sites excluding steroid dienone is 1. The molecule has 0 spiro atoms. The first-order valence-corrected chi connectivity index (χ1v) is 5.61. The summed E-state index contributed by atoms with van der Waals surface area (Å²) in [5.41, 5.74) is 6.47. The zero-order valence-electron chi connectivity index (χ0n) is 10.2. The Labute approximate surface area is 104 Å². The minimum absolute atomic E-state index is 0.0875. The number of primary amides is 1. The molecule has 3 unspecified atom stereocenters. The van der Waals surface area contributed by atoms with Crippen LogP contribution in [0.3, 0.4) is 0 Å². The highest BCUT2D eigenvalue weighted by molar-refractivity contribution is 5.89. The number of carbonyl (C=O) groups is 2. The summed E-state index contributed by atoms with van der Waals surface area (Å²) < 4.78 is 14.9. The molecule has 0 fully saturated rings. The number of hydrogen-bond donors (Lipinski definition) is 1. The highest BCUT2D eigenvalue weighted by Crippen LogP contribution is 2.43. The van der Waals surface area contributed by atoms with Gasteiger partial charge in [0.1, 0.15) is 0 Å². The normalized spacial score (nSPS) is 29.6. The standard InChI is InChI=1S/C12H15NO5/c1-6-3-4-7-8(10(14)16-2)5-17-11(9(6)7)18-12(13)15/h3,5,7,9,11H,4H2,1-2H3,(H2,13,15). The van der Waals surface area contributed by atoms with Gasteiger partial charge >= 0.3 is 12.1 Å². The maximum Gasteiger partial charge on any atom is 0.407 e. The van der Waals surface area contributed by atoms with Crippen molar-refractivity contribution >= 4 is 12.1 Å². The molecule has 3 atom stereocenters. The Kier molecular flexibility index (Phi) is 3.27. The molecule has 1 amide bonds. The van der Waals surface area contributed by atoms with Gasteiger partial charge < -0.3 is 19.9 Å². The summed E-state index contributed by atoms with van der Waals surface area (Å²) in [4.78, 5) is 22.4. The first-order valence-electron chi connectivity index (χ1n) is 5.61. The monoisotopic (exact) mass is 253 g/mol. The van der Waals surface area contributed by atoms with E-state index in [0.717, 1.165) is 5.57 Å². The topological polar surface area (TPSA) is 87.8 Å². The second-order valence-electron chi connectivity index (χ2n) is 4.32. The van der Waals surface area contributed by atoms with Crippen molar-refractivity contribution in [1.82, 2.24) is 0 Å². The molecule has 0 bridgehead atoms. The van der Waals surface area contributed by atoms with Crippen molar-refractivity contribution in [2.24, 2.45) is 17.6 Å². The molecule has 6 heteroatoms. The molecule has 0 aromatic carbocycles. The van der Waals surface area contributed by atoms with Crippen molar-refractivity contribution in [2.75, 3.05) is 7.11 Å². The summed E-state index contributed by atoms with van der Waals surface area (Å²) in [5, 5.41) is 0. The Bertz CT molecular complexity index is 440. The predicted molar refractivity (Wildman–Crippen MR) is 61.0 cm³/mol. The lowest BCUT2D eigenvalue weighted by Crippen LogP contribution is -2.38. The Morgan fingerprint density at radius 3 is 2.83 bits per heavy atom. The highest BCUT2D eigenvalue weighted by Gasteiger charge is 2.44. The van der Waals surface area contributed by atoms with Crippen molar-refractivity contribution in [3.8, 4) is 0 Å². The highest BCUT2D eigenvalue weighted by atomic mass is 16.7. The molecule has 2 N–H and O–H groups in total. The fourth-order valence-corrected chi connectivity index (χ4v) is 2.48. The zero-order valence-corrected chi connectivity index (χ0v) is 10.2. The predicted octanol–water partition coefficient (Wildman–Crippen LogP) is 1.08. The molecule has 1 aliphatic carbocycles. The number of amides is 1. The van der Waals surface area contributed by atoms with E-state index in [2.05, 4.69) is 0 Å². The lowest BCUT2D eigenvalue weighted by molar-refractivity contribution is -0.141. The van der Waals surface area contributed by atoms with Gasteiger partial charge in [-0.2, -0.15) is 0 Å². The molecule has 6 nitrogen and oxygen atoms in total. The van der Waals surface area contributed by atoms with Crippen LogP contribution in [0.15, 0.2) is 23.5 Å². The van der Waals surface area contributed by atoms with Crippen molar-refractivity contribution in [3.63, 3.8) is 0 Å². The van der Waals surface area contributed by atoms with E-state index in [4.69, 9.17) is 19.9 Å². The fourth-order valence-electron chi connectivity index (χ4n) is 2.48. The third-order valence-electron chi connectivity index (χ3n) is 3.33. The third kappa shape index (κ3) is 2.05. The van der Waals surface area contributed by atoms with Crippen molar-refractivity contribution in [1.29, 1.82) is 0 Å². The number of methoxy groups -OCH3 is 1. The van der Waals surface area contributed by atoms with Gasteiger partial charge in [0.15, 0.2) is 0 Å². The lowest BCUT2D eigenvalue weighted by Gasteiger charge is -2.33. The average Bonchev–Trinajstić information content (AvgIpc) is 2.71. The van der Waals surface area contributed by atoms with Gasteiger partial charge in [-0.3, -0.25) is 0 Å². The van der Waals surface area contributed by atoms with Crippen LogP contribution in [0, 0.1) is 11.8 Å². The summed E-state index contributed by atoms with van der Waals surface area (Å²) in [7, 11) is 1.32. The number of nitrogens with two attached hydrogens (primary N) is 1. The van der Waals surface area contributed by atoms with E-state index in [9.17, 15) is 9.59 Å². The maximum absolute atomic E-state index is 11.6. The quantitative estimate of drug-likeness (QED) is 0.587. The third-order valence-corrected chi connectivity index (χ3v) is 3.33. The van der Waals surface area contributed by atoms with E-state index >= 15 is 0 Å². The van der Waals surface area contributed by atoms with Crippen LogP contribution in [-0.2, 0) is 19.0 Å². The largest absolute Gasteiger partial charge is 0.466 e. The maximum atomic E-state index is 11.6. The van der Waals surface area contributed by atoms with Crippen LogP contribution in [-0.4, -0.2) is 25.5 Å². The second kappa shape index (κ2) is 4.72. The summed E-state index contributed by atoms with van der Waals surface area (Å²) in [6.07, 6.45) is 2.32. The smallest absolute Gasteiger partial charge is 0.407 e. The summed E-state index contributed by atoms with van der Waals surface area (Å²) in [6.45, 7) is 1.91. The number of esters is 1. The minimum atomic E-state index is -0.895. The number of hydrogen-bond acceptors (Lipinski definition) is 5. The molecule has 0 saturated carbocycles. The average molecular weight is 253 g/mol. The molecule has 18 heavy (non-hydrogen) atoms. The van der Waals surface area contributed by atoms with Gasteiger partial charge in [-0.1, -0.05) is 11.6 Å². The molecule has 0 aromatic rings. The Morgan fingerprint density at radius 1 is 1.50 bits per heavy atom. The van der Waals surface area contributed by atoms with E-state index in [-0.39, 0.29) is 11.8 Å². The van der Waals surface area contributed by atoms with Crippen LogP contribution in [0.5, 0.6) is 0 Å². The van der Waals surface area contributed by atoms with Gasteiger partial charge in [-0.25, -0.2) is 9.59 Å². The number of ether oxygens (including phenoxy) is 3. The molecule has 98 valence electrons. The molecule has 0 saturated heterocycles. The first-order chi connectivity index (χ1) is 8.54. The van der Waals surface area contributed by atoms with Gasteiger partial charge in [0.2, 0.25) is 0 Å². The minimum Gasteiger partial charge on any atom is -0.466 e. The zero-order chi connectivity index (χ0) is 13.3. The van der Waals surface area contributed by atoms with Crippen LogP contribution < -0.4 is 5.73 Å². The van der Waals surface area contributed by atoms with E-state index in [1.54, 1.807) is 0 Å². The van der Waals surface area contributed by atoms with Crippen LogP contribution in [0.25, 0.3) is 0 Å². The molecule has 2 aliphatic rings. The van der Waals surface area contributed by atoms with E-state index < -0.39 is 18.4 Å². The second-order valence-corrected chi connectivity index (χ2v) is 4.32. The van der Waals surface area contributed by atoms with Crippen LogP contribution >= 0.6 is 0 Å². The van der Waals surface area contributed by atoms with Crippen LogP contribution in [0.4, 0.5) is 4.79 Å². The fraction of sp³-hybridized carbons (Fsp3) is 0.500. The SMILES string of the molecule is COC(=O)C1=COC(OC(N)=O)C2C(C)=CCC12. The summed E-state index contributed by atoms with van der Waals surface area (Å²) in [5.74, 6) is -0.697. The van der Waals surface area contributed by atoms with Gasteiger partial charge in [-0.05, 0) is 13.3 Å². The first kappa shape index (κ1) is 12.5. The number of fused-ring (bicyclic) bond motifs is 1. The molecular weight excluding hydrogens is 238 g/mol. The molecule has 1 heterocycles. The van der Waals surface area contributed by atoms with Crippen molar-refractivity contribution < 1.29 is 23.8 Å². The Hall–Kier alpha value is -1.98. The van der Waals surface area contributed by atoms with Crippen LogP contribution in [0.1, 0.15) is 13.3 Å². The molecule has 0 aromatic heterocycles. The molecular formula is C12H15NO5. The van der Waals surface area contributed by atoms with Gasteiger partial charge in [0, 0.05) is 5.92 Å². The Balaban J connectivity index is 2.25. The van der Waals surface area contributed by atoms with Gasteiger partial charge in [0.25, 0.3) is 6.29 Å². The molecule has 1 aliphatic heterocycles. The van der Waals surface area contributed by atoms with Crippen LogP contribution in [0.2, 0.25) is 0 Å². The Morgan fingerprint density at radius 2 is 2.22 bits per heavy atom. The number of carbonyl (C=O) groups excluding carboxylic acids is 2. The van der Waals surface area contributed by atoms with E-state index in [1.807, 2.05) is 13.0 Å². The van der Waals surface area contributed by atoms with E-state index in [0.29, 0.717) is 12.0 Å². The molecule has 2 rings (SSSR count). The molecule has 0 radical (unpaired) electrons. The lowest BCUT2D eigenvalue weighted by atomic mass is 9.84. The van der Waals surface area contributed by atoms with E-state index in [1.165, 1.54) is 13.4 Å². The number of rotatable bonds is 2. The van der Waals surface area contributed by atoms with Gasteiger partial charge in [-0.15, -0.1) is 0 Å². The van der Waals surface area contributed by atoms with Crippen molar-refractivity contribution in [3.05, 3.63) is 23.5 Å². The van der Waals surface area contributed by atoms with Gasteiger partial charge in [0.05, 0.1) is 24.9 Å². The summed E-state index contributed by atoms with van der Waals surface area (Å²) in [6, 6.07) is 0. The van der Waals surface area contributed by atoms with Crippen molar-refractivity contribution in [2.45, 2.75) is 19.6 Å².